The first kappa shape index (κ1) is 13.5. The molecule has 2 nitrogen and oxygen atoms in total. The fourth-order valence-corrected chi connectivity index (χ4v) is 2.95. The molecule has 0 radical (unpaired) electrons. The number of hydrogen-bond donors (Lipinski definition) is 0. The number of hydrogen-bond acceptors (Lipinski definition) is 2. The minimum Gasteiger partial charge on any atom is -0.207 e. The van der Waals surface area contributed by atoms with Crippen molar-refractivity contribution in [1.29, 1.82) is 0 Å². The molecule has 0 spiro atoms. The van der Waals surface area contributed by atoms with Gasteiger partial charge in [0, 0.05) is 10.7 Å². The van der Waals surface area contributed by atoms with Crippen LogP contribution in [0, 0.1) is 0 Å². The SMILES string of the molecule is CCCc1ccc(CCC)c(S(=O)(=O)Cl)c1. The Balaban J connectivity index is 3.21. The van der Waals surface area contributed by atoms with E-state index in [2.05, 4.69) is 6.92 Å². The quantitative estimate of drug-likeness (QED) is 0.759. The van der Waals surface area contributed by atoms with Gasteiger partial charge in [0.25, 0.3) is 9.05 Å². The molecule has 0 amide bonds. The van der Waals surface area contributed by atoms with Crippen LogP contribution >= 0.6 is 10.7 Å². The van der Waals surface area contributed by atoms with Crippen LogP contribution in [0.5, 0.6) is 0 Å². The second-order valence-electron chi connectivity index (χ2n) is 3.88. The van der Waals surface area contributed by atoms with Gasteiger partial charge < -0.3 is 0 Å². The highest BCUT2D eigenvalue weighted by atomic mass is 35.7. The largest absolute Gasteiger partial charge is 0.261 e. The molecule has 0 aliphatic rings. The average molecular weight is 261 g/mol. The van der Waals surface area contributed by atoms with Crippen molar-refractivity contribution in [3.8, 4) is 0 Å². The van der Waals surface area contributed by atoms with Crippen molar-refractivity contribution in [2.45, 2.75) is 44.4 Å². The van der Waals surface area contributed by atoms with Crippen LogP contribution in [0.3, 0.4) is 0 Å². The Morgan fingerprint density at radius 2 is 1.75 bits per heavy atom. The smallest absolute Gasteiger partial charge is 0.207 e. The summed E-state index contributed by atoms with van der Waals surface area (Å²) in [5, 5.41) is 0. The van der Waals surface area contributed by atoms with E-state index in [1.807, 2.05) is 19.1 Å². The van der Waals surface area contributed by atoms with Gasteiger partial charge in [0.15, 0.2) is 0 Å². The summed E-state index contributed by atoms with van der Waals surface area (Å²) in [5.41, 5.74) is 1.85. The van der Waals surface area contributed by atoms with Gasteiger partial charge in [0.1, 0.15) is 0 Å². The molecule has 0 aliphatic heterocycles. The predicted octanol–water partition coefficient (Wildman–Crippen LogP) is 3.52. The lowest BCUT2D eigenvalue weighted by Crippen LogP contribution is -2.00. The molecule has 1 aromatic carbocycles. The summed E-state index contributed by atoms with van der Waals surface area (Å²) >= 11 is 0. The van der Waals surface area contributed by atoms with E-state index in [0.29, 0.717) is 0 Å². The van der Waals surface area contributed by atoms with Gasteiger partial charge in [-0.05, 0) is 30.0 Å². The second-order valence-corrected chi connectivity index (χ2v) is 6.41. The summed E-state index contributed by atoms with van der Waals surface area (Å²) in [7, 11) is 1.82. The lowest BCUT2D eigenvalue weighted by atomic mass is 10.1. The van der Waals surface area contributed by atoms with E-state index in [0.717, 1.165) is 36.8 Å². The van der Waals surface area contributed by atoms with E-state index in [1.54, 1.807) is 6.07 Å². The molecule has 0 unspecified atom stereocenters. The maximum atomic E-state index is 11.5. The van der Waals surface area contributed by atoms with Crippen molar-refractivity contribution in [3.05, 3.63) is 29.3 Å². The third kappa shape index (κ3) is 3.49. The summed E-state index contributed by atoms with van der Waals surface area (Å²) < 4.78 is 22.9. The molecule has 1 rings (SSSR count). The normalized spacial score (nSPS) is 11.7. The van der Waals surface area contributed by atoms with Crippen LogP contribution in [0.2, 0.25) is 0 Å². The van der Waals surface area contributed by atoms with Gasteiger partial charge in [-0.1, -0.05) is 38.8 Å². The van der Waals surface area contributed by atoms with E-state index in [1.165, 1.54) is 0 Å². The van der Waals surface area contributed by atoms with E-state index in [9.17, 15) is 8.42 Å². The maximum absolute atomic E-state index is 11.5. The number of aryl methyl sites for hydroxylation is 2. The molecule has 1 aromatic rings. The fourth-order valence-electron chi connectivity index (χ4n) is 1.75. The van der Waals surface area contributed by atoms with E-state index >= 15 is 0 Å². The highest BCUT2D eigenvalue weighted by Crippen LogP contribution is 2.23. The number of benzene rings is 1. The lowest BCUT2D eigenvalue weighted by molar-refractivity contribution is 0.608. The van der Waals surface area contributed by atoms with Crippen LogP contribution < -0.4 is 0 Å². The van der Waals surface area contributed by atoms with E-state index < -0.39 is 9.05 Å². The van der Waals surface area contributed by atoms with Gasteiger partial charge >= 0.3 is 0 Å². The van der Waals surface area contributed by atoms with Crippen LogP contribution in [0.1, 0.15) is 37.8 Å². The van der Waals surface area contributed by atoms with Crippen molar-refractivity contribution in [1.82, 2.24) is 0 Å². The fraction of sp³-hybridized carbons (Fsp3) is 0.500. The molecule has 4 heteroatoms. The number of halogens is 1. The first-order valence-corrected chi connectivity index (χ1v) is 7.86. The topological polar surface area (TPSA) is 34.1 Å². The molecule has 16 heavy (non-hydrogen) atoms. The van der Waals surface area contributed by atoms with Crippen LogP contribution in [0.25, 0.3) is 0 Å². The zero-order chi connectivity index (χ0) is 12.2. The molecule has 0 bridgehead atoms. The molecule has 0 heterocycles. The molecule has 0 atom stereocenters. The van der Waals surface area contributed by atoms with E-state index in [4.69, 9.17) is 10.7 Å². The third-order valence-corrected chi connectivity index (χ3v) is 3.86. The average Bonchev–Trinajstić information content (AvgIpc) is 2.19. The Bertz CT molecular complexity index is 452. The van der Waals surface area contributed by atoms with Crippen molar-refractivity contribution in [3.63, 3.8) is 0 Å². The maximum Gasteiger partial charge on any atom is 0.261 e. The van der Waals surface area contributed by atoms with Crippen LogP contribution in [-0.4, -0.2) is 8.42 Å². The Hall–Kier alpha value is -0.540. The molecule has 0 N–H and O–H groups in total. The lowest BCUT2D eigenvalue weighted by Gasteiger charge is -2.08. The Kier molecular flexibility index (Phi) is 4.81. The molecule has 0 fully saturated rings. The molecule has 0 saturated carbocycles. The third-order valence-electron chi connectivity index (χ3n) is 2.45. The summed E-state index contributed by atoms with van der Waals surface area (Å²) in [5.74, 6) is 0. The number of rotatable bonds is 5. The van der Waals surface area contributed by atoms with Gasteiger partial charge in [-0.25, -0.2) is 8.42 Å². The minimum absolute atomic E-state index is 0.280. The Labute approximate surface area is 102 Å². The van der Waals surface area contributed by atoms with Crippen molar-refractivity contribution in [2.24, 2.45) is 0 Å². The van der Waals surface area contributed by atoms with Crippen LogP contribution in [-0.2, 0) is 21.9 Å². The first-order chi connectivity index (χ1) is 7.49. The summed E-state index contributed by atoms with van der Waals surface area (Å²) in [4.78, 5) is 0.280. The monoisotopic (exact) mass is 260 g/mol. The molecule has 0 saturated heterocycles. The van der Waals surface area contributed by atoms with Crippen LogP contribution in [0.4, 0.5) is 0 Å². The molecule has 90 valence electrons. The molecular weight excluding hydrogens is 244 g/mol. The zero-order valence-corrected chi connectivity index (χ0v) is 11.2. The Morgan fingerprint density at radius 1 is 1.12 bits per heavy atom. The highest BCUT2D eigenvalue weighted by Gasteiger charge is 2.15. The highest BCUT2D eigenvalue weighted by molar-refractivity contribution is 8.13. The van der Waals surface area contributed by atoms with Gasteiger partial charge in [0.05, 0.1) is 4.90 Å². The van der Waals surface area contributed by atoms with E-state index in [-0.39, 0.29) is 4.90 Å². The minimum atomic E-state index is -3.62. The van der Waals surface area contributed by atoms with Gasteiger partial charge in [-0.15, -0.1) is 0 Å². The summed E-state index contributed by atoms with van der Waals surface area (Å²) in [6.45, 7) is 4.08. The Morgan fingerprint density at radius 3 is 2.25 bits per heavy atom. The van der Waals surface area contributed by atoms with Crippen molar-refractivity contribution >= 4 is 19.7 Å². The zero-order valence-electron chi connectivity index (χ0n) is 9.66. The standard InChI is InChI=1S/C12H17ClO2S/c1-3-5-10-7-8-11(6-4-2)12(9-10)16(13,14)15/h7-9H,3-6H2,1-2H3. The van der Waals surface area contributed by atoms with Gasteiger partial charge in [-0.2, -0.15) is 0 Å². The molecule has 0 aliphatic carbocycles. The first-order valence-electron chi connectivity index (χ1n) is 5.55. The van der Waals surface area contributed by atoms with Crippen LogP contribution in [0.15, 0.2) is 23.1 Å². The second kappa shape index (κ2) is 5.69. The van der Waals surface area contributed by atoms with Gasteiger partial charge in [-0.3, -0.25) is 0 Å². The molecule has 0 aromatic heterocycles. The van der Waals surface area contributed by atoms with Crippen molar-refractivity contribution < 1.29 is 8.42 Å². The van der Waals surface area contributed by atoms with Crippen molar-refractivity contribution in [2.75, 3.05) is 0 Å². The summed E-state index contributed by atoms with van der Waals surface area (Å²) in [6.07, 6.45) is 3.53. The predicted molar refractivity (Wildman–Crippen MR) is 67.5 cm³/mol. The van der Waals surface area contributed by atoms with Gasteiger partial charge in [0.2, 0.25) is 0 Å². The summed E-state index contributed by atoms with van der Waals surface area (Å²) in [6, 6.07) is 5.57. The molecular formula is C12H17ClO2S.